The Morgan fingerprint density at radius 3 is 2.69 bits per heavy atom. The van der Waals surface area contributed by atoms with E-state index >= 15 is 0 Å². The first kappa shape index (κ1) is 19.2. The Morgan fingerprint density at radius 1 is 1.14 bits per heavy atom. The van der Waals surface area contributed by atoms with Crippen molar-refractivity contribution in [1.29, 1.82) is 0 Å². The number of para-hydroxylation sites is 1. The molecule has 2 aromatic carbocycles. The minimum Gasteiger partial charge on any atom is -0.493 e. The largest absolute Gasteiger partial charge is 0.493 e. The fraction of sp³-hybridized carbons (Fsp3) is 0.304. The maximum Gasteiger partial charge on any atom is 0.254 e. The van der Waals surface area contributed by atoms with Crippen LogP contribution in [0.1, 0.15) is 23.2 Å². The summed E-state index contributed by atoms with van der Waals surface area (Å²) in [4.78, 5) is 20.1. The van der Waals surface area contributed by atoms with Crippen molar-refractivity contribution in [1.82, 2.24) is 9.88 Å². The molecular formula is C23H25N3O3. The van der Waals surface area contributed by atoms with Crippen molar-refractivity contribution in [3.63, 3.8) is 0 Å². The molecule has 0 radical (unpaired) electrons. The molecule has 1 aliphatic rings. The average molecular weight is 391 g/mol. The standard InChI is InChI=1S/C23H25N3O3/c1-28-21-10-9-15(12-22(21)29-2)20-13-18(17-7-3-4-8-19(17)25-20)23(27)26-11-5-6-16(26)14-24/h3-4,7-10,12-13,16H,5-6,11,14,24H2,1-2H3. The fourth-order valence-corrected chi connectivity index (χ4v) is 4.00. The molecule has 4 rings (SSSR count). The maximum atomic E-state index is 13.4. The van der Waals surface area contributed by atoms with Crippen LogP contribution in [0, 0.1) is 0 Å². The summed E-state index contributed by atoms with van der Waals surface area (Å²) in [6.45, 7) is 1.22. The number of fused-ring (bicyclic) bond motifs is 1. The van der Waals surface area contributed by atoms with E-state index < -0.39 is 0 Å². The van der Waals surface area contributed by atoms with Crippen LogP contribution in [-0.4, -0.2) is 49.1 Å². The molecule has 0 spiro atoms. The van der Waals surface area contributed by atoms with E-state index in [4.69, 9.17) is 20.2 Å². The van der Waals surface area contributed by atoms with Crippen LogP contribution in [0.5, 0.6) is 11.5 Å². The highest BCUT2D eigenvalue weighted by Gasteiger charge is 2.29. The zero-order valence-electron chi connectivity index (χ0n) is 16.7. The van der Waals surface area contributed by atoms with E-state index in [2.05, 4.69) is 0 Å². The summed E-state index contributed by atoms with van der Waals surface area (Å²) in [6.07, 6.45) is 1.94. The second-order valence-electron chi connectivity index (χ2n) is 7.17. The summed E-state index contributed by atoms with van der Waals surface area (Å²) in [6, 6.07) is 15.4. The molecule has 3 aromatic rings. The molecule has 0 bridgehead atoms. The number of likely N-dealkylation sites (tertiary alicyclic amines) is 1. The number of hydrogen-bond acceptors (Lipinski definition) is 5. The molecule has 1 aliphatic heterocycles. The molecule has 6 heteroatoms. The number of ether oxygens (including phenoxy) is 2. The van der Waals surface area contributed by atoms with Gasteiger partial charge < -0.3 is 20.1 Å². The summed E-state index contributed by atoms with van der Waals surface area (Å²) in [5.74, 6) is 1.28. The van der Waals surface area contributed by atoms with E-state index in [1.165, 1.54) is 0 Å². The lowest BCUT2D eigenvalue weighted by molar-refractivity contribution is 0.0743. The van der Waals surface area contributed by atoms with Gasteiger partial charge in [0.2, 0.25) is 0 Å². The van der Waals surface area contributed by atoms with Crippen LogP contribution in [0.4, 0.5) is 0 Å². The Hall–Kier alpha value is -3.12. The lowest BCUT2D eigenvalue weighted by Gasteiger charge is -2.24. The molecular weight excluding hydrogens is 366 g/mol. The molecule has 1 atom stereocenters. The molecule has 1 saturated heterocycles. The Balaban J connectivity index is 1.84. The van der Waals surface area contributed by atoms with Crippen molar-refractivity contribution in [3.05, 3.63) is 54.1 Å². The number of aromatic nitrogens is 1. The first-order valence-corrected chi connectivity index (χ1v) is 9.79. The van der Waals surface area contributed by atoms with Crippen LogP contribution in [0.2, 0.25) is 0 Å². The van der Waals surface area contributed by atoms with Gasteiger partial charge in [-0.3, -0.25) is 4.79 Å². The molecule has 29 heavy (non-hydrogen) atoms. The summed E-state index contributed by atoms with van der Waals surface area (Å²) < 4.78 is 10.8. The molecule has 1 unspecified atom stereocenters. The normalized spacial score (nSPS) is 16.2. The Kier molecular flexibility index (Phi) is 5.36. The van der Waals surface area contributed by atoms with Crippen LogP contribution >= 0.6 is 0 Å². The highest BCUT2D eigenvalue weighted by molar-refractivity contribution is 6.07. The van der Waals surface area contributed by atoms with Gasteiger partial charge in [0.25, 0.3) is 5.91 Å². The topological polar surface area (TPSA) is 77.7 Å². The second kappa shape index (κ2) is 8.09. The van der Waals surface area contributed by atoms with Crippen molar-refractivity contribution in [3.8, 4) is 22.8 Å². The number of rotatable bonds is 5. The van der Waals surface area contributed by atoms with E-state index in [1.807, 2.05) is 53.4 Å². The van der Waals surface area contributed by atoms with Crippen LogP contribution in [-0.2, 0) is 0 Å². The van der Waals surface area contributed by atoms with E-state index in [0.29, 0.717) is 23.6 Å². The average Bonchev–Trinajstić information content (AvgIpc) is 3.26. The minimum absolute atomic E-state index is 0.0123. The molecule has 150 valence electrons. The van der Waals surface area contributed by atoms with Crippen molar-refractivity contribution in [2.24, 2.45) is 5.73 Å². The van der Waals surface area contributed by atoms with Gasteiger partial charge in [-0.2, -0.15) is 0 Å². The van der Waals surface area contributed by atoms with Crippen LogP contribution in [0.3, 0.4) is 0 Å². The molecule has 2 N–H and O–H groups in total. The summed E-state index contributed by atoms with van der Waals surface area (Å²) in [7, 11) is 3.21. The number of pyridine rings is 1. The number of nitrogens with two attached hydrogens (primary N) is 1. The van der Waals surface area contributed by atoms with Gasteiger partial charge in [0.1, 0.15) is 0 Å². The predicted molar refractivity (Wildman–Crippen MR) is 113 cm³/mol. The highest BCUT2D eigenvalue weighted by Crippen LogP contribution is 2.33. The van der Waals surface area contributed by atoms with Gasteiger partial charge >= 0.3 is 0 Å². The third kappa shape index (κ3) is 3.51. The van der Waals surface area contributed by atoms with Crippen LogP contribution in [0.15, 0.2) is 48.5 Å². The van der Waals surface area contributed by atoms with Gasteiger partial charge in [-0.1, -0.05) is 18.2 Å². The number of amides is 1. The van der Waals surface area contributed by atoms with E-state index in [0.717, 1.165) is 41.5 Å². The number of nitrogens with zero attached hydrogens (tertiary/aromatic N) is 2. The van der Waals surface area contributed by atoms with E-state index in [1.54, 1.807) is 14.2 Å². The maximum absolute atomic E-state index is 13.4. The Labute approximate surface area is 170 Å². The molecule has 0 aliphatic carbocycles. The summed E-state index contributed by atoms with van der Waals surface area (Å²) >= 11 is 0. The molecule has 1 fully saturated rings. The zero-order chi connectivity index (χ0) is 20.4. The minimum atomic E-state index is 0.0123. The van der Waals surface area contributed by atoms with E-state index in [9.17, 15) is 4.79 Å². The fourth-order valence-electron chi connectivity index (χ4n) is 4.00. The Bertz CT molecular complexity index is 1050. The molecule has 0 saturated carbocycles. The number of methoxy groups -OCH3 is 2. The van der Waals surface area contributed by atoms with Gasteiger partial charge in [-0.05, 0) is 43.2 Å². The summed E-state index contributed by atoms with van der Waals surface area (Å²) in [5.41, 5.74) is 8.92. The second-order valence-corrected chi connectivity index (χ2v) is 7.17. The van der Waals surface area contributed by atoms with Gasteiger partial charge in [0.05, 0.1) is 31.0 Å². The molecule has 2 heterocycles. The number of hydrogen-bond donors (Lipinski definition) is 1. The number of carbonyl (C=O) groups excluding carboxylic acids is 1. The summed E-state index contributed by atoms with van der Waals surface area (Å²) in [5, 5.41) is 0.851. The third-order valence-electron chi connectivity index (χ3n) is 5.54. The smallest absolute Gasteiger partial charge is 0.254 e. The van der Waals surface area contributed by atoms with Crippen molar-refractivity contribution < 1.29 is 14.3 Å². The zero-order valence-corrected chi connectivity index (χ0v) is 16.7. The quantitative estimate of drug-likeness (QED) is 0.720. The lowest BCUT2D eigenvalue weighted by atomic mass is 10.0. The predicted octanol–water partition coefficient (Wildman–Crippen LogP) is 3.48. The first-order valence-electron chi connectivity index (χ1n) is 9.79. The Morgan fingerprint density at radius 2 is 1.93 bits per heavy atom. The number of carbonyl (C=O) groups is 1. The van der Waals surface area contributed by atoms with Crippen molar-refractivity contribution in [2.45, 2.75) is 18.9 Å². The molecule has 1 aromatic heterocycles. The van der Waals surface area contributed by atoms with Gasteiger partial charge in [-0.15, -0.1) is 0 Å². The van der Waals surface area contributed by atoms with Crippen molar-refractivity contribution >= 4 is 16.8 Å². The number of benzene rings is 2. The SMILES string of the molecule is COc1ccc(-c2cc(C(=O)N3CCCC3CN)c3ccccc3n2)cc1OC. The van der Waals surface area contributed by atoms with Crippen molar-refractivity contribution in [2.75, 3.05) is 27.3 Å². The van der Waals surface area contributed by atoms with E-state index in [-0.39, 0.29) is 11.9 Å². The van der Waals surface area contributed by atoms with Gasteiger partial charge in [0, 0.05) is 30.1 Å². The van der Waals surface area contributed by atoms with Gasteiger partial charge in [0.15, 0.2) is 11.5 Å². The third-order valence-corrected chi connectivity index (χ3v) is 5.54. The van der Waals surface area contributed by atoms with Crippen LogP contribution < -0.4 is 15.2 Å². The highest BCUT2D eigenvalue weighted by atomic mass is 16.5. The first-order chi connectivity index (χ1) is 14.2. The van der Waals surface area contributed by atoms with Crippen LogP contribution in [0.25, 0.3) is 22.2 Å². The monoisotopic (exact) mass is 391 g/mol. The lowest BCUT2D eigenvalue weighted by Crippen LogP contribution is -2.40. The molecule has 6 nitrogen and oxygen atoms in total. The molecule has 1 amide bonds. The van der Waals surface area contributed by atoms with Gasteiger partial charge in [-0.25, -0.2) is 4.98 Å².